The van der Waals surface area contributed by atoms with Gasteiger partial charge >= 0.3 is 5.97 Å². The van der Waals surface area contributed by atoms with Gasteiger partial charge in [0.15, 0.2) is 0 Å². The molecule has 0 aliphatic carbocycles. The highest BCUT2D eigenvalue weighted by molar-refractivity contribution is 5.91. The summed E-state index contributed by atoms with van der Waals surface area (Å²) < 4.78 is 45.3. The molecule has 2 rings (SSSR count). The molecule has 0 aliphatic heterocycles. The van der Waals surface area contributed by atoms with Gasteiger partial charge < -0.3 is 9.94 Å². The van der Waals surface area contributed by atoms with Crippen LogP contribution in [0.1, 0.15) is 17.3 Å². The number of rotatable bonds is 3. The van der Waals surface area contributed by atoms with E-state index >= 15 is 0 Å². The lowest BCUT2D eigenvalue weighted by molar-refractivity contribution is -0.597. The van der Waals surface area contributed by atoms with E-state index in [1.807, 2.05) is 0 Å². The number of aromatic nitrogens is 1. The number of esters is 1. The molecule has 4 nitrogen and oxygen atoms in total. The van der Waals surface area contributed by atoms with Crippen molar-refractivity contribution in [1.82, 2.24) is 0 Å². The summed E-state index contributed by atoms with van der Waals surface area (Å²) in [5.41, 5.74) is -1.53. The summed E-state index contributed by atoms with van der Waals surface area (Å²) in [6.45, 7) is 1.40. The molecule has 1 aromatic heterocycles. The molecule has 0 atom stereocenters. The van der Waals surface area contributed by atoms with Crippen molar-refractivity contribution in [1.29, 1.82) is 0 Å². The lowest BCUT2D eigenvalue weighted by atomic mass is 10.1. The zero-order chi connectivity index (χ0) is 15.6. The Morgan fingerprint density at radius 2 is 1.86 bits per heavy atom. The van der Waals surface area contributed by atoms with Crippen molar-refractivity contribution in [3.63, 3.8) is 0 Å². The number of benzene rings is 1. The van der Waals surface area contributed by atoms with Gasteiger partial charge in [-0.05, 0) is 31.2 Å². The Hall–Kier alpha value is -2.57. The van der Waals surface area contributed by atoms with Crippen LogP contribution in [-0.4, -0.2) is 12.6 Å². The minimum atomic E-state index is -1.35. The maximum Gasteiger partial charge on any atom is 0.344 e. The largest absolute Gasteiger partial charge is 0.618 e. The highest BCUT2D eigenvalue weighted by Crippen LogP contribution is 2.24. The van der Waals surface area contributed by atoms with Crippen LogP contribution in [0.2, 0.25) is 0 Å². The molecule has 0 unspecified atom stereocenters. The Kier molecular flexibility index (Phi) is 4.11. The van der Waals surface area contributed by atoms with Gasteiger partial charge in [-0.15, -0.1) is 0 Å². The van der Waals surface area contributed by atoms with E-state index in [9.17, 15) is 23.2 Å². The summed E-state index contributed by atoms with van der Waals surface area (Å²) in [6.07, 6.45) is 0.425. The molecule has 0 aliphatic rings. The van der Waals surface area contributed by atoms with E-state index in [-0.39, 0.29) is 16.9 Å². The van der Waals surface area contributed by atoms with E-state index in [4.69, 9.17) is 0 Å². The molecule has 1 aromatic carbocycles. The molecule has 0 saturated heterocycles. The third-order valence-corrected chi connectivity index (χ3v) is 2.71. The van der Waals surface area contributed by atoms with Crippen LogP contribution in [-0.2, 0) is 4.74 Å². The summed E-state index contributed by atoms with van der Waals surface area (Å²) in [4.78, 5) is 11.6. The Balaban J connectivity index is 2.64. The molecule has 0 amide bonds. The first kappa shape index (κ1) is 14.8. The SMILES string of the molecule is CCOC(=O)c1c(F)c[n+]([O-])c(-c2ccc(F)cc2)c1F. The molecule has 21 heavy (non-hydrogen) atoms. The van der Waals surface area contributed by atoms with Crippen molar-refractivity contribution < 1.29 is 27.4 Å². The molecule has 2 aromatic rings. The number of nitrogens with zero attached hydrogens (tertiary/aromatic N) is 1. The average molecular weight is 297 g/mol. The van der Waals surface area contributed by atoms with Crippen molar-refractivity contribution in [2.45, 2.75) is 6.92 Å². The van der Waals surface area contributed by atoms with Gasteiger partial charge in [-0.2, -0.15) is 13.5 Å². The van der Waals surface area contributed by atoms with Gasteiger partial charge in [-0.1, -0.05) is 0 Å². The fraction of sp³-hybridized carbons (Fsp3) is 0.143. The monoisotopic (exact) mass is 297 g/mol. The minimum Gasteiger partial charge on any atom is -0.618 e. The van der Waals surface area contributed by atoms with Gasteiger partial charge in [0, 0.05) is 0 Å². The van der Waals surface area contributed by atoms with Crippen LogP contribution in [0.25, 0.3) is 11.3 Å². The zero-order valence-corrected chi connectivity index (χ0v) is 10.9. The van der Waals surface area contributed by atoms with Crippen LogP contribution in [0, 0.1) is 22.7 Å². The quantitative estimate of drug-likeness (QED) is 0.497. The Bertz CT molecular complexity index is 687. The van der Waals surface area contributed by atoms with E-state index in [1.54, 1.807) is 0 Å². The standard InChI is InChI=1S/C14H10F3NO3/c1-2-21-14(19)11-10(16)7-18(20)13(12(11)17)8-3-5-9(15)6-4-8/h3-7H,2H2,1H3. The van der Waals surface area contributed by atoms with Crippen LogP contribution in [0.15, 0.2) is 30.5 Å². The first-order chi connectivity index (χ1) is 9.95. The van der Waals surface area contributed by atoms with Crippen LogP contribution in [0.4, 0.5) is 13.2 Å². The molecule has 0 radical (unpaired) electrons. The Morgan fingerprint density at radius 3 is 2.43 bits per heavy atom. The number of ether oxygens (including phenoxy) is 1. The van der Waals surface area contributed by atoms with Gasteiger partial charge in [-0.3, -0.25) is 0 Å². The molecule has 7 heteroatoms. The Labute approximate surface area is 118 Å². The van der Waals surface area contributed by atoms with Gasteiger partial charge in [0.2, 0.25) is 17.8 Å². The predicted octanol–water partition coefficient (Wildman–Crippen LogP) is 2.58. The number of halogens is 3. The molecule has 1 heterocycles. The number of carbonyl (C=O) groups is 1. The second kappa shape index (κ2) is 5.82. The van der Waals surface area contributed by atoms with E-state index in [0.29, 0.717) is 6.20 Å². The smallest absolute Gasteiger partial charge is 0.344 e. The molecular weight excluding hydrogens is 287 g/mol. The lowest BCUT2D eigenvalue weighted by Crippen LogP contribution is -2.33. The van der Waals surface area contributed by atoms with Crippen LogP contribution in [0.3, 0.4) is 0 Å². The molecule has 110 valence electrons. The van der Waals surface area contributed by atoms with E-state index in [2.05, 4.69) is 4.74 Å². The fourth-order valence-corrected chi connectivity index (χ4v) is 1.80. The molecule has 0 N–H and O–H groups in total. The second-order valence-electron chi connectivity index (χ2n) is 4.07. The molecule has 0 fully saturated rings. The molecule has 0 bridgehead atoms. The van der Waals surface area contributed by atoms with Crippen LogP contribution < -0.4 is 4.73 Å². The first-order valence-corrected chi connectivity index (χ1v) is 6.00. The number of carbonyl (C=O) groups excluding carboxylic acids is 1. The normalized spacial score (nSPS) is 10.5. The van der Waals surface area contributed by atoms with Gasteiger partial charge in [0.05, 0.1) is 12.2 Å². The van der Waals surface area contributed by atoms with E-state index in [0.717, 1.165) is 24.3 Å². The van der Waals surface area contributed by atoms with Crippen LogP contribution >= 0.6 is 0 Å². The third kappa shape index (κ3) is 2.81. The van der Waals surface area contributed by atoms with Crippen molar-refractivity contribution >= 4 is 5.97 Å². The van der Waals surface area contributed by atoms with E-state index in [1.165, 1.54) is 6.92 Å². The summed E-state index contributed by atoms with van der Waals surface area (Å²) in [5.74, 6) is -4.47. The maximum absolute atomic E-state index is 14.3. The van der Waals surface area contributed by atoms with Crippen LogP contribution in [0.5, 0.6) is 0 Å². The molecule has 0 saturated carbocycles. The summed E-state index contributed by atoms with van der Waals surface area (Å²) >= 11 is 0. The van der Waals surface area contributed by atoms with Crippen molar-refractivity contribution in [3.8, 4) is 11.3 Å². The lowest BCUT2D eigenvalue weighted by Gasteiger charge is -2.10. The second-order valence-corrected chi connectivity index (χ2v) is 4.07. The van der Waals surface area contributed by atoms with Gasteiger partial charge in [0.1, 0.15) is 11.4 Å². The highest BCUT2D eigenvalue weighted by atomic mass is 19.1. The summed E-state index contributed by atoms with van der Waals surface area (Å²) in [6, 6.07) is 4.33. The van der Waals surface area contributed by atoms with Crippen molar-refractivity contribution in [3.05, 3.63) is 58.7 Å². The molecule has 0 spiro atoms. The highest BCUT2D eigenvalue weighted by Gasteiger charge is 2.29. The molecular formula is C14H10F3NO3. The zero-order valence-electron chi connectivity index (χ0n) is 10.9. The first-order valence-electron chi connectivity index (χ1n) is 6.00. The number of hydrogen-bond donors (Lipinski definition) is 0. The maximum atomic E-state index is 14.3. The van der Waals surface area contributed by atoms with E-state index < -0.39 is 34.7 Å². The minimum absolute atomic E-state index is 0.00875. The fourth-order valence-electron chi connectivity index (χ4n) is 1.80. The predicted molar refractivity (Wildman–Crippen MR) is 66.7 cm³/mol. The topological polar surface area (TPSA) is 53.2 Å². The number of pyridine rings is 1. The van der Waals surface area contributed by atoms with Crippen molar-refractivity contribution in [2.75, 3.05) is 6.61 Å². The summed E-state index contributed by atoms with van der Waals surface area (Å²) in [5, 5.41) is 11.7. The summed E-state index contributed by atoms with van der Waals surface area (Å²) in [7, 11) is 0. The third-order valence-electron chi connectivity index (χ3n) is 2.71. The average Bonchev–Trinajstić information content (AvgIpc) is 2.40. The van der Waals surface area contributed by atoms with Gasteiger partial charge in [-0.25, -0.2) is 9.18 Å². The van der Waals surface area contributed by atoms with Gasteiger partial charge in [0.25, 0.3) is 5.69 Å². The van der Waals surface area contributed by atoms with Crippen molar-refractivity contribution in [2.24, 2.45) is 0 Å². The Morgan fingerprint density at radius 1 is 1.24 bits per heavy atom. The number of hydrogen-bond acceptors (Lipinski definition) is 3.